The summed E-state index contributed by atoms with van der Waals surface area (Å²) in [6.07, 6.45) is 5.62. The van der Waals surface area contributed by atoms with Crippen molar-refractivity contribution in [3.05, 3.63) is 93.2 Å². The van der Waals surface area contributed by atoms with Crippen molar-refractivity contribution in [3.8, 4) is 11.5 Å². The van der Waals surface area contributed by atoms with Gasteiger partial charge in [0.2, 0.25) is 0 Å². The first-order chi connectivity index (χ1) is 22.1. The second kappa shape index (κ2) is 14.9. The number of anilines is 2. The van der Waals surface area contributed by atoms with Gasteiger partial charge in [0.05, 0.1) is 30.4 Å². The number of pyridine rings is 1. The van der Waals surface area contributed by atoms with Crippen molar-refractivity contribution in [3.63, 3.8) is 0 Å². The maximum atomic E-state index is 13.3. The van der Waals surface area contributed by atoms with Gasteiger partial charge >= 0.3 is 10.1 Å². The van der Waals surface area contributed by atoms with Gasteiger partial charge in [-0.25, -0.2) is 4.98 Å². The second-order valence-electron chi connectivity index (χ2n) is 12.0. The Balaban J connectivity index is 1.43. The Kier molecular flexibility index (Phi) is 11.2. The number of phenolic OH excluding ortho intramolecular Hbond substituents is 1. The van der Waals surface area contributed by atoms with E-state index in [2.05, 4.69) is 35.2 Å². The van der Waals surface area contributed by atoms with Crippen molar-refractivity contribution < 1.29 is 27.3 Å². The van der Waals surface area contributed by atoms with Gasteiger partial charge in [-0.15, -0.1) is 11.3 Å². The van der Waals surface area contributed by atoms with Gasteiger partial charge in [-0.1, -0.05) is 19.9 Å². The first-order valence-corrected chi connectivity index (χ1v) is 17.8. The normalized spacial score (nSPS) is 12.1. The number of rotatable bonds is 13. The predicted octanol–water partition coefficient (Wildman–Crippen LogP) is 5.81. The number of benzene rings is 2. The fourth-order valence-electron chi connectivity index (χ4n) is 4.90. The molecule has 250 valence electrons. The van der Waals surface area contributed by atoms with E-state index in [4.69, 9.17) is 4.18 Å². The summed E-state index contributed by atoms with van der Waals surface area (Å²) in [5.41, 5.74) is 4.55. The van der Waals surface area contributed by atoms with E-state index >= 15 is 0 Å². The van der Waals surface area contributed by atoms with E-state index in [9.17, 15) is 23.1 Å². The maximum absolute atomic E-state index is 13.3. The Morgan fingerprint density at radius 2 is 1.77 bits per heavy atom. The molecule has 0 spiro atoms. The van der Waals surface area contributed by atoms with Crippen LogP contribution in [0.5, 0.6) is 11.5 Å². The first-order valence-electron chi connectivity index (χ1n) is 15.1. The fourth-order valence-corrected chi connectivity index (χ4v) is 6.17. The van der Waals surface area contributed by atoms with Crippen molar-refractivity contribution in [2.45, 2.75) is 59.0 Å². The highest BCUT2D eigenvalue weighted by molar-refractivity contribution is 7.86. The zero-order chi connectivity index (χ0) is 34.5. The molecule has 47 heavy (non-hydrogen) atoms. The van der Waals surface area contributed by atoms with Crippen LogP contribution in [-0.4, -0.2) is 66.6 Å². The van der Waals surface area contributed by atoms with E-state index < -0.39 is 21.9 Å². The van der Waals surface area contributed by atoms with E-state index in [1.54, 1.807) is 19.3 Å². The minimum Gasteiger partial charge on any atom is -0.506 e. The van der Waals surface area contributed by atoms with E-state index in [0.29, 0.717) is 24.4 Å². The Morgan fingerprint density at radius 1 is 1.04 bits per heavy atom. The summed E-state index contributed by atoms with van der Waals surface area (Å²) in [4.78, 5) is 38.6. The van der Waals surface area contributed by atoms with Gasteiger partial charge in [0, 0.05) is 48.5 Å². The molecule has 11 nitrogen and oxygen atoms in total. The molecule has 0 saturated heterocycles. The lowest BCUT2D eigenvalue weighted by molar-refractivity contribution is 0.0784. The number of amides is 2. The van der Waals surface area contributed by atoms with Crippen LogP contribution in [-0.2, 0) is 23.1 Å². The molecule has 0 aliphatic heterocycles. The van der Waals surface area contributed by atoms with Crippen LogP contribution in [0.4, 0.5) is 11.4 Å². The molecule has 2 aromatic heterocycles. The number of hydrogen-bond acceptors (Lipinski definition) is 10. The molecule has 0 bridgehead atoms. The standard InChI is InChI=1S/C34H41N5O6S2/c1-21(2)27-14-28(18-35-17-27)39(6)30-11-10-24(12-31(30)40)9-8-22(3)37-33(41)25-13-26(16-29(15-25)45-47(7,43)44)34(42)38(5)19-32-36-23(4)20-46-32/h10-18,20-22,40H,8-9,19H2,1-7H3,(H,37,41). The van der Waals surface area contributed by atoms with Crippen molar-refractivity contribution >= 4 is 44.6 Å². The molecule has 0 saturated carbocycles. The quantitative estimate of drug-likeness (QED) is 0.168. The predicted molar refractivity (Wildman–Crippen MR) is 184 cm³/mol. The smallest absolute Gasteiger partial charge is 0.306 e. The topological polar surface area (TPSA) is 142 Å². The number of thiazole rings is 1. The van der Waals surface area contributed by atoms with Crippen LogP contribution < -0.4 is 14.4 Å². The number of aromatic hydroxyl groups is 1. The van der Waals surface area contributed by atoms with E-state index in [1.165, 1.54) is 34.4 Å². The van der Waals surface area contributed by atoms with Gasteiger partial charge in [0.15, 0.2) is 0 Å². The number of hydrogen-bond donors (Lipinski definition) is 2. The highest BCUT2D eigenvalue weighted by Gasteiger charge is 2.20. The maximum Gasteiger partial charge on any atom is 0.306 e. The number of nitrogens with zero attached hydrogens (tertiary/aromatic N) is 4. The zero-order valence-electron chi connectivity index (χ0n) is 27.6. The van der Waals surface area contributed by atoms with Gasteiger partial charge in [0.1, 0.15) is 16.5 Å². The summed E-state index contributed by atoms with van der Waals surface area (Å²) >= 11 is 1.43. The summed E-state index contributed by atoms with van der Waals surface area (Å²) in [6, 6.07) is 11.3. The summed E-state index contributed by atoms with van der Waals surface area (Å²) in [5, 5.41) is 16.4. The first kappa shape index (κ1) is 35.4. The van der Waals surface area contributed by atoms with Crippen molar-refractivity contribution in [2.75, 3.05) is 25.3 Å². The van der Waals surface area contributed by atoms with Crippen molar-refractivity contribution in [1.82, 2.24) is 20.2 Å². The summed E-state index contributed by atoms with van der Waals surface area (Å²) in [6.45, 7) is 8.17. The Bertz CT molecular complexity index is 1860. The van der Waals surface area contributed by atoms with Crippen LogP contribution in [0, 0.1) is 6.92 Å². The molecule has 1 atom stereocenters. The highest BCUT2D eigenvalue weighted by atomic mass is 32.2. The van der Waals surface area contributed by atoms with Crippen molar-refractivity contribution in [1.29, 1.82) is 0 Å². The van der Waals surface area contributed by atoms with E-state index in [-0.39, 0.29) is 35.2 Å². The number of nitrogens with one attached hydrogen (secondary N) is 1. The minimum atomic E-state index is -3.92. The third-order valence-electron chi connectivity index (χ3n) is 7.49. The molecule has 2 heterocycles. The molecule has 2 amide bonds. The lowest BCUT2D eigenvalue weighted by Crippen LogP contribution is -2.33. The van der Waals surface area contributed by atoms with E-state index in [1.807, 2.05) is 49.5 Å². The summed E-state index contributed by atoms with van der Waals surface area (Å²) < 4.78 is 28.8. The van der Waals surface area contributed by atoms with Crippen molar-refractivity contribution in [2.24, 2.45) is 0 Å². The van der Waals surface area contributed by atoms with Crippen LogP contribution in [0.3, 0.4) is 0 Å². The van der Waals surface area contributed by atoms with E-state index in [0.717, 1.165) is 33.8 Å². The Labute approximate surface area is 280 Å². The van der Waals surface area contributed by atoms with Crippen LogP contribution in [0.15, 0.2) is 60.2 Å². The molecule has 2 N–H and O–H groups in total. The number of phenols is 1. The van der Waals surface area contributed by atoms with Crippen LogP contribution in [0.2, 0.25) is 0 Å². The third kappa shape index (κ3) is 9.75. The number of aryl methyl sites for hydroxylation is 2. The molecule has 0 radical (unpaired) electrons. The molecule has 1 unspecified atom stereocenters. The van der Waals surface area contributed by atoms with Gasteiger partial charge in [-0.3, -0.25) is 14.6 Å². The molecular weight excluding hydrogens is 639 g/mol. The molecule has 0 aliphatic carbocycles. The molecule has 2 aromatic carbocycles. The summed E-state index contributed by atoms with van der Waals surface area (Å²) in [7, 11) is -0.432. The highest BCUT2D eigenvalue weighted by Crippen LogP contribution is 2.33. The molecule has 0 aliphatic rings. The van der Waals surface area contributed by atoms with Crippen LogP contribution >= 0.6 is 11.3 Å². The minimum absolute atomic E-state index is 0.0842. The molecule has 13 heteroatoms. The zero-order valence-corrected chi connectivity index (χ0v) is 29.3. The van der Waals surface area contributed by atoms with Crippen LogP contribution in [0.1, 0.15) is 75.7 Å². The largest absolute Gasteiger partial charge is 0.506 e. The van der Waals surface area contributed by atoms with Gasteiger partial charge < -0.3 is 24.4 Å². The number of carbonyl (C=O) groups is 2. The number of aromatic nitrogens is 2. The fraction of sp³-hybridized carbons (Fsp3) is 0.353. The van der Waals surface area contributed by atoms with Gasteiger partial charge in [-0.05, 0) is 80.1 Å². The van der Waals surface area contributed by atoms with Gasteiger partial charge in [0.25, 0.3) is 11.8 Å². The Morgan fingerprint density at radius 3 is 2.40 bits per heavy atom. The SMILES string of the molecule is Cc1csc(CN(C)C(=O)c2cc(OS(C)(=O)=O)cc(C(=O)NC(C)CCc3ccc(N(C)c4cncc(C(C)C)c4)c(O)c3)c2)n1. The second-order valence-corrected chi connectivity index (χ2v) is 14.5. The summed E-state index contributed by atoms with van der Waals surface area (Å²) in [5.74, 6) is -0.583. The molecular formula is C34H41N5O6S2. The molecule has 4 rings (SSSR count). The Hall–Kier alpha value is -4.49. The van der Waals surface area contributed by atoms with Crippen LogP contribution in [0.25, 0.3) is 0 Å². The molecule has 0 fully saturated rings. The lowest BCUT2D eigenvalue weighted by Gasteiger charge is -2.22. The number of carbonyl (C=O) groups excluding carboxylic acids is 2. The monoisotopic (exact) mass is 679 g/mol. The third-order valence-corrected chi connectivity index (χ3v) is 8.94. The average molecular weight is 680 g/mol. The van der Waals surface area contributed by atoms with Gasteiger partial charge in [-0.2, -0.15) is 8.42 Å². The average Bonchev–Trinajstić information content (AvgIpc) is 3.42. The molecule has 4 aromatic rings. The lowest BCUT2D eigenvalue weighted by atomic mass is 10.0.